The van der Waals surface area contributed by atoms with E-state index in [0.29, 0.717) is 25.9 Å². The Balaban J connectivity index is 3.35. The summed E-state index contributed by atoms with van der Waals surface area (Å²) >= 11 is 0. The molecule has 2 unspecified atom stereocenters. The van der Waals surface area contributed by atoms with E-state index in [2.05, 4.69) is 31.3 Å². The number of aliphatic hydroxyl groups is 2. The molecule has 0 aliphatic carbocycles. The number of rotatable bonds is 54. The molecule has 1 amide bonds. The van der Waals surface area contributed by atoms with E-state index < -0.39 is 12.1 Å². The number of unbranched alkanes of at least 4 members (excludes halogenated alkanes) is 41. The fraction of sp³-hybridized carbons (Fsp3) is 0.931. The molecule has 6 heteroatoms. The lowest BCUT2D eigenvalue weighted by atomic mass is 10.0. The van der Waals surface area contributed by atoms with E-state index in [1.165, 1.54) is 250 Å². The lowest BCUT2D eigenvalue weighted by Crippen LogP contribution is -2.45. The zero-order valence-corrected chi connectivity index (χ0v) is 43.3. The van der Waals surface area contributed by atoms with Gasteiger partial charge in [-0.1, -0.05) is 270 Å². The largest absolute Gasteiger partial charge is 0.466 e. The maximum Gasteiger partial charge on any atom is 0.305 e. The molecule has 3 N–H and O–H groups in total. The Morgan fingerprint density at radius 1 is 0.422 bits per heavy atom. The van der Waals surface area contributed by atoms with Gasteiger partial charge in [0.25, 0.3) is 0 Å². The highest BCUT2D eigenvalue weighted by molar-refractivity contribution is 5.76. The average Bonchev–Trinajstić information content (AvgIpc) is 3.29. The van der Waals surface area contributed by atoms with Gasteiger partial charge in [-0.2, -0.15) is 0 Å². The van der Waals surface area contributed by atoms with Crippen molar-refractivity contribution in [2.45, 2.75) is 334 Å². The average molecular weight is 905 g/mol. The lowest BCUT2D eigenvalue weighted by Gasteiger charge is -2.22. The van der Waals surface area contributed by atoms with Gasteiger partial charge >= 0.3 is 5.97 Å². The molecule has 0 aromatic rings. The van der Waals surface area contributed by atoms with Gasteiger partial charge in [-0.25, -0.2) is 0 Å². The third kappa shape index (κ3) is 50.0. The molecule has 0 saturated carbocycles. The third-order valence-electron chi connectivity index (χ3n) is 13.6. The van der Waals surface area contributed by atoms with Crippen LogP contribution < -0.4 is 5.32 Å². The Bertz CT molecular complexity index is 955. The van der Waals surface area contributed by atoms with Crippen molar-refractivity contribution in [3.63, 3.8) is 0 Å². The standard InChI is InChI=1S/C58H113NO5/c1-3-5-7-9-11-13-14-28-32-36-40-44-48-52-58(63)64-53-49-45-41-37-33-30-27-25-23-21-19-17-15-16-18-20-22-24-26-29-31-35-39-43-47-51-57(62)59-55(54-60)56(61)50-46-42-38-34-12-10-8-6-4-2/h16,18,55-56,60-61H,3-15,17,19-54H2,1-2H3,(H,59,62)/b18-16-. The third-order valence-corrected chi connectivity index (χ3v) is 13.6. The molecule has 0 aromatic carbocycles. The van der Waals surface area contributed by atoms with Crippen LogP contribution >= 0.6 is 0 Å². The van der Waals surface area contributed by atoms with Crippen LogP contribution in [0.25, 0.3) is 0 Å². The van der Waals surface area contributed by atoms with Crippen LogP contribution in [0, 0.1) is 0 Å². The molecule has 0 aliphatic rings. The second-order valence-corrected chi connectivity index (χ2v) is 20.0. The second kappa shape index (κ2) is 54.2. The Hall–Kier alpha value is -1.40. The van der Waals surface area contributed by atoms with Crippen LogP contribution in [0.2, 0.25) is 0 Å². The zero-order chi connectivity index (χ0) is 46.5. The SMILES string of the molecule is CCCCCCCCCCCCCCCC(=O)OCCCCCCCCCCCCCC/C=C\CCCCCCCCCCCC(=O)NC(CO)C(O)CCCCCCCCCCC. The number of ether oxygens (including phenoxy) is 1. The molecule has 0 saturated heterocycles. The van der Waals surface area contributed by atoms with Gasteiger partial charge in [0.2, 0.25) is 5.91 Å². The van der Waals surface area contributed by atoms with E-state index in [9.17, 15) is 19.8 Å². The summed E-state index contributed by atoms with van der Waals surface area (Å²) in [6, 6.07) is -0.540. The summed E-state index contributed by atoms with van der Waals surface area (Å²) in [4.78, 5) is 24.4. The van der Waals surface area contributed by atoms with E-state index in [4.69, 9.17) is 4.74 Å². The van der Waals surface area contributed by atoms with Crippen molar-refractivity contribution in [2.75, 3.05) is 13.2 Å². The number of amides is 1. The zero-order valence-electron chi connectivity index (χ0n) is 43.3. The topological polar surface area (TPSA) is 95.9 Å². The maximum atomic E-state index is 12.4. The second-order valence-electron chi connectivity index (χ2n) is 20.0. The monoisotopic (exact) mass is 904 g/mol. The summed E-state index contributed by atoms with van der Waals surface area (Å²) in [5, 5.41) is 23.1. The first-order valence-electron chi connectivity index (χ1n) is 28.9. The molecule has 0 bridgehead atoms. The molecule has 380 valence electrons. The highest BCUT2D eigenvalue weighted by atomic mass is 16.5. The molecule has 0 rings (SSSR count). The van der Waals surface area contributed by atoms with Crippen LogP contribution in [0.3, 0.4) is 0 Å². The van der Waals surface area contributed by atoms with Gasteiger partial charge in [0.1, 0.15) is 0 Å². The summed E-state index contributed by atoms with van der Waals surface area (Å²) in [6.07, 6.45) is 63.6. The predicted octanol–water partition coefficient (Wildman–Crippen LogP) is 17.7. The Kier molecular flexibility index (Phi) is 53.0. The van der Waals surface area contributed by atoms with Gasteiger partial charge in [-0.3, -0.25) is 9.59 Å². The molecular formula is C58H113NO5. The number of allylic oxidation sites excluding steroid dienone is 2. The number of hydrogen-bond acceptors (Lipinski definition) is 5. The first-order valence-corrected chi connectivity index (χ1v) is 28.9. The van der Waals surface area contributed by atoms with E-state index in [0.717, 1.165) is 38.5 Å². The van der Waals surface area contributed by atoms with Crippen molar-refractivity contribution in [2.24, 2.45) is 0 Å². The summed E-state index contributed by atoms with van der Waals surface area (Å²) in [7, 11) is 0. The molecule has 0 spiro atoms. The quantitative estimate of drug-likeness (QED) is 0.0321. The molecule has 6 nitrogen and oxygen atoms in total. The molecule has 0 aliphatic heterocycles. The molecule has 0 fully saturated rings. The van der Waals surface area contributed by atoms with Crippen LogP contribution in [0.4, 0.5) is 0 Å². The van der Waals surface area contributed by atoms with Gasteiger partial charge in [-0.05, 0) is 51.4 Å². The Labute approximate surface area is 399 Å². The van der Waals surface area contributed by atoms with Crippen molar-refractivity contribution in [3.8, 4) is 0 Å². The van der Waals surface area contributed by atoms with Gasteiger partial charge < -0.3 is 20.3 Å². The highest BCUT2D eigenvalue weighted by Gasteiger charge is 2.20. The van der Waals surface area contributed by atoms with Gasteiger partial charge in [-0.15, -0.1) is 0 Å². The number of carbonyl (C=O) groups is 2. The molecular weight excluding hydrogens is 791 g/mol. The van der Waals surface area contributed by atoms with Gasteiger partial charge in [0.15, 0.2) is 0 Å². The summed E-state index contributed by atoms with van der Waals surface area (Å²) in [5.74, 6) is -0.0243. The number of hydrogen-bond donors (Lipinski definition) is 3. The van der Waals surface area contributed by atoms with Crippen molar-refractivity contribution in [1.82, 2.24) is 5.32 Å². The fourth-order valence-corrected chi connectivity index (χ4v) is 9.11. The first-order chi connectivity index (χ1) is 31.5. The smallest absolute Gasteiger partial charge is 0.305 e. The van der Waals surface area contributed by atoms with Crippen LogP contribution in [0.15, 0.2) is 12.2 Å². The predicted molar refractivity (Wildman–Crippen MR) is 278 cm³/mol. The summed E-state index contributed by atoms with van der Waals surface area (Å²) < 4.78 is 5.48. The van der Waals surface area contributed by atoms with Crippen molar-refractivity contribution in [1.29, 1.82) is 0 Å². The Morgan fingerprint density at radius 2 is 0.734 bits per heavy atom. The van der Waals surface area contributed by atoms with Crippen molar-refractivity contribution in [3.05, 3.63) is 12.2 Å². The lowest BCUT2D eigenvalue weighted by molar-refractivity contribution is -0.143. The number of aliphatic hydroxyl groups excluding tert-OH is 2. The van der Waals surface area contributed by atoms with Crippen molar-refractivity contribution < 1.29 is 24.5 Å². The minimum Gasteiger partial charge on any atom is -0.466 e. The minimum absolute atomic E-state index is 0.0152. The maximum absolute atomic E-state index is 12.4. The van der Waals surface area contributed by atoms with E-state index >= 15 is 0 Å². The van der Waals surface area contributed by atoms with Crippen LogP contribution in [-0.4, -0.2) is 47.4 Å². The molecule has 64 heavy (non-hydrogen) atoms. The molecule has 0 heterocycles. The van der Waals surface area contributed by atoms with Crippen LogP contribution in [-0.2, 0) is 14.3 Å². The number of esters is 1. The van der Waals surface area contributed by atoms with E-state index in [1.54, 1.807) is 0 Å². The fourth-order valence-electron chi connectivity index (χ4n) is 9.11. The molecule has 0 aromatic heterocycles. The minimum atomic E-state index is -0.663. The van der Waals surface area contributed by atoms with Gasteiger partial charge in [0.05, 0.1) is 25.4 Å². The summed E-state index contributed by atoms with van der Waals surface area (Å²) in [6.45, 7) is 4.94. The Morgan fingerprint density at radius 3 is 1.11 bits per heavy atom. The summed E-state index contributed by atoms with van der Waals surface area (Å²) in [5.41, 5.74) is 0. The number of carbonyl (C=O) groups excluding carboxylic acids is 2. The molecule has 2 atom stereocenters. The molecule has 0 radical (unpaired) electrons. The van der Waals surface area contributed by atoms with Crippen LogP contribution in [0.5, 0.6) is 0 Å². The van der Waals surface area contributed by atoms with Crippen LogP contribution in [0.1, 0.15) is 322 Å². The highest BCUT2D eigenvalue weighted by Crippen LogP contribution is 2.17. The van der Waals surface area contributed by atoms with E-state index in [-0.39, 0.29) is 18.5 Å². The number of nitrogens with one attached hydrogen (secondary N) is 1. The van der Waals surface area contributed by atoms with Crippen molar-refractivity contribution >= 4 is 11.9 Å². The normalized spacial score (nSPS) is 12.6. The van der Waals surface area contributed by atoms with Gasteiger partial charge in [0, 0.05) is 12.8 Å². The van der Waals surface area contributed by atoms with E-state index in [1.807, 2.05) is 0 Å². The first kappa shape index (κ1) is 62.6.